The lowest BCUT2D eigenvalue weighted by Crippen LogP contribution is -1.92. The van der Waals surface area contributed by atoms with Crippen LogP contribution in [-0.4, -0.2) is 13.7 Å². The van der Waals surface area contributed by atoms with Crippen molar-refractivity contribution in [3.05, 3.63) is 35.9 Å². The molecule has 1 rings (SSSR count). The summed E-state index contributed by atoms with van der Waals surface area (Å²) in [7, 11) is 5.09. The molecule has 2 radical (unpaired) electrons. The van der Waals surface area contributed by atoms with Gasteiger partial charge in [0.2, 0.25) is 0 Å². The van der Waals surface area contributed by atoms with Gasteiger partial charge >= 0.3 is 0 Å². The zero-order valence-corrected chi connectivity index (χ0v) is 5.91. The zero-order valence-electron chi connectivity index (χ0n) is 5.91. The van der Waals surface area contributed by atoms with Gasteiger partial charge in [-0.2, -0.15) is 0 Å². The van der Waals surface area contributed by atoms with Crippen LogP contribution in [0, 0.1) is 0 Å². The summed E-state index contributed by atoms with van der Waals surface area (Å²) in [6.45, 7) is 1.88. The van der Waals surface area contributed by atoms with Crippen LogP contribution in [0.3, 0.4) is 0 Å². The van der Waals surface area contributed by atoms with Crippen molar-refractivity contribution < 1.29 is 0 Å². The van der Waals surface area contributed by atoms with Crippen molar-refractivity contribution in [2.45, 2.75) is 6.92 Å². The third-order valence-electron chi connectivity index (χ3n) is 1.39. The lowest BCUT2D eigenvalue weighted by molar-refractivity contribution is 1.60. The van der Waals surface area contributed by atoms with Crippen LogP contribution in [0.1, 0.15) is 12.5 Å². The first-order valence-electron chi connectivity index (χ1n) is 3.14. The molecule has 10 heavy (non-hydrogen) atoms. The van der Waals surface area contributed by atoms with E-state index in [0.717, 1.165) is 11.3 Å². The molecule has 0 bridgehead atoms. The van der Waals surface area contributed by atoms with Gasteiger partial charge in [0.05, 0.1) is 0 Å². The number of benzene rings is 1. The predicted molar refractivity (Wildman–Crippen MR) is 44.4 cm³/mol. The van der Waals surface area contributed by atoms with E-state index in [0.29, 0.717) is 0 Å². The molecule has 1 aromatic carbocycles. The minimum Gasteiger partial charge on any atom is -0.360 e. The Morgan fingerprint density at radius 2 is 1.90 bits per heavy atom. The molecule has 2 heteroatoms. The summed E-state index contributed by atoms with van der Waals surface area (Å²) < 4.78 is 0. The molecule has 0 N–H and O–H groups in total. The van der Waals surface area contributed by atoms with Gasteiger partial charge < -0.3 is 4.90 Å². The summed E-state index contributed by atoms with van der Waals surface area (Å²) in [5.41, 5.74) is 1.94. The van der Waals surface area contributed by atoms with Gasteiger partial charge in [-0.1, -0.05) is 30.3 Å². The fraction of sp³-hybridized carbons (Fsp3) is 0.125. The van der Waals surface area contributed by atoms with Gasteiger partial charge in [0.15, 0.2) is 0 Å². The topological polar surface area (TPSA) is 12.4 Å². The van der Waals surface area contributed by atoms with E-state index < -0.39 is 0 Å². The van der Waals surface area contributed by atoms with E-state index in [1.54, 1.807) is 0 Å². The van der Waals surface area contributed by atoms with Crippen LogP contribution in [0.5, 0.6) is 0 Å². The second-order valence-corrected chi connectivity index (χ2v) is 2.08. The average Bonchev–Trinajstić information content (AvgIpc) is 2.05. The molecule has 0 atom stereocenters. The number of hydrogen-bond donors (Lipinski definition) is 0. The molecule has 0 amide bonds. The van der Waals surface area contributed by atoms with Crippen molar-refractivity contribution in [3.8, 4) is 0 Å². The Bertz CT molecular complexity index is 228. The van der Waals surface area contributed by atoms with Gasteiger partial charge in [-0.05, 0) is 12.5 Å². The average molecular weight is 129 g/mol. The first kappa shape index (κ1) is 7.07. The first-order chi connectivity index (χ1) is 4.84. The lowest BCUT2D eigenvalue weighted by atomic mass is 10.1. The largest absolute Gasteiger partial charge is 0.360 e. The molecule has 0 aromatic heterocycles. The SMILES string of the molecule is [B]N=C(C)c1ccccc1. The van der Waals surface area contributed by atoms with Crippen molar-refractivity contribution in [2.24, 2.45) is 4.90 Å². The van der Waals surface area contributed by atoms with Crippen molar-refractivity contribution >= 4 is 13.7 Å². The number of rotatable bonds is 1. The molecule has 1 aromatic rings. The Morgan fingerprint density at radius 3 is 2.40 bits per heavy atom. The third kappa shape index (κ3) is 1.47. The molecule has 0 heterocycles. The van der Waals surface area contributed by atoms with Crippen molar-refractivity contribution in [3.63, 3.8) is 0 Å². The summed E-state index contributed by atoms with van der Waals surface area (Å²) in [4.78, 5) is 3.58. The minimum atomic E-state index is 0.862. The Morgan fingerprint density at radius 1 is 1.30 bits per heavy atom. The maximum Gasteiger partial charge on any atom is 0.259 e. The second kappa shape index (κ2) is 3.21. The Balaban J connectivity index is 2.96. The van der Waals surface area contributed by atoms with Gasteiger partial charge in [0.25, 0.3) is 7.98 Å². The van der Waals surface area contributed by atoms with Crippen LogP contribution >= 0.6 is 0 Å². The normalized spacial score (nSPS) is 11.5. The maximum atomic E-state index is 5.09. The van der Waals surface area contributed by atoms with Crippen LogP contribution < -0.4 is 0 Å². The molecular weight excluding hydrogens is 121 g/mol. The molecule has 0 saturated carbocycles. The molecular formula is C8H8BN. The highest BCUT2D eigenvalue weighted by atomic mass is 14.6. The summed E-state index contributed by atoms with van der Waals surface area (Å²) >= 11 is 0. The highest BCUT2D eigenvalue weighted by Gasteiger charge is 1.90. The third-order valence-corrected chi connectivity index (χ3v) is 1.39. The van der Waals surface area contributed by atoms with Crippen LogP contribution in [-0.2, 0) is 0 Å². The smallest absolute Gasteiger partial charge is 0.259 e. The van der Waals surface area contributed by atoms with Crippen LogP contribution in [0.2, 0.25) is 0 Å². The molecule has 0 aliphatic rings. The van der Waals surface area contributed by atoms with Gasteiger partial charge in [0, 0.05) is 5.71 Å². The summed E-state index contributed by atoms with van der Waals surface area (Å²) in [5.74, 6) is 0. The number of nitrogens with zero attached hydrogens (tertiary/aromatic N) is 1. The molecule has 1 nitrogen and oxygen atoms in total. The summed E-state index contributed by atoms with van der Waals surface area (Å²) in [6, 6.07) is 9.85. The van der Waals surface area contributed by atoms with Crippen LogP contribution in [0.4, 0.5) is 0 Å². The first-order valence-corrected chi connectivity index (χ1v) is 3.14. The van der Waals surface area contributed by atoms with E-state index in [2.05, 4.69) is 4.90 Å². The Kier molecular flexibility index (Phi) is 2.27. The number of hydrogen-bond acceptors (Lipinski definition) is 1. The molecule has 48 valence electrons. The Hall–Kier alpha value is -1.05. The summed E-state index contributed by atoms with van der Waals surface area (Å²) in [5, 5.41) is 0. The second-order valence-electron chi connectivity index (χ2n) is 2.08. The highest BCUT2D eigenvalue weighted by molar-refractivity contribution is 6.16. The predicted octanol–water partition coefficient (Wildman–Crippen LogP) is 1.58. The fourth-order valence-electron chi connectivity index (χ4n) is 0.754. The van der Waals surface area contributed by atoms with E-state index in [4.69, 9.17) is 7.98 Å². The van der Waals surface area contributed by atoms with E-state index in [1.807, 2.05) is 37.3 Å². The molecule has 0 aliphatic heterocycles. The van der Waals surface area contributed by atoms with Gasteiger partial charge in [-0.25, -0.2) is 0 Å². The summed E-state index contributed by atoms with van der Waals surface area (Å²) in [6.07, 6.45) is 0. The van der Waals surface area contributed by atoms with Crippen LogP contribution in [0.15, 0.2) is 35.2 Å². The standard InChI is InChI=1S/C8H8BN/c1-7(10-9)8-5-3-2-4-6-8/h2-6H,1H3. The molecule has 0 spiro atoms. The molecule has 0 aliphatic carbocycles. The minimum absolute atomic E-state index is 0.862. The molecule has 0 unspecified atom stereocenters. The quantitative estimate of drug-likeness (QED) is 0.403. The van der Waals surface area contributed by atoms with Gasteiger partial charge in [-0.15, -0.1) is 0 Å². The van der Waals surface area contributed by atoms with E-state index in [-0.39, 0.29) is 0 Å². The lowest BCUT2D eigenvalue weighted by Gasteiger charge is -1.96. The van der Waals surface area contributed by atoms with Crippen molar-refractivity contribution in [2.75, 3.05) is 0 Å². The van der Waals surface area contributed by atoms with Gasteiger partial charge in [0.1, 0.15) is 0 Å². The van der Waals surface area contributed by atoms with Crippen molar-refractivity contribution in [1.29, 1.82) is 0 Å². The zero-order chi connectivity index (χ0) is 7.40. The molecule has 0 saturated heterocycles. The molecule has 0 fully saturated rings. The van der Waals surface area contributed by atoms with E-state index >= 15 is 0 Å². The maximum absolute atomic E-state index is 5.09. The van der Waals surface area contributed by atoms with Gasteiger partial charge in [-0.3, -0.25) is 0 Å². The van der Waals surface area contributed by atoms with Crippen LogP contribution in [0.25, 0.3) is 0 Å². The van der Waals surface area contributed by atoms with E-state index in [1.165, 1.54) is 0 Å². The van der Waals surface area contributed by atoms with Crippen molar-refractivity contribution in [1.82, 2.24) is 0 Å². The monoisotopic (exact) mass is 129 g/mol. The van der Waals surface area contributed by atoms with E-state index in [9.17, 15) is 0 Å². The highest BCUT2D eigenvalue weighted by Crippen LogP contribution is 1.99. The Labute approximate surface area is 62.2 Å². The fourth-order valence-corrected chi connectivity index (χ4v) is 0.754.